The Morgan fingerprint density at radius 2 is 1.97 bits per heavy atom. The molecule has 2 heterocycles. The molecule has 0 aliphatic heterocycles. The van der Waals surface area contributed by atoms with E-state index in [0.717, 1.165) is 12.2 Å². The minimum absolute atomic E-state index is 0.0637. The van der Waals surface area contributed by atoms with Gasteiger partial charge in [0.25, 0.3) is 11.6 Å². The van der Waals surface area contributed by atoms with Gasteiger partial charge in [-0.1, -0.05) is 30.7 Å². The third-order valence-corrected chi connectivity index (χ3v) is 5.28. The Hall–Kier alpha value is -4.31. The molecule has 1 amide bonds. The number of nitro benzene ring substituents is 1. The number of anilines is 1. The molecule has 2 aromatic carbocycles. The maximum absolute atomic E-state index is 12.5. The smallest absolute Gasteiger partial charge is 0.291 e. The maximum Gasteiger partial charge on any atom is 0.291 e. The van der Waals surface area contributed by atoms with Crippen LogP contribution in [0.3, 0.4) is 0 Å². The predicted molar refractivity (Wildman–Crippen MR) is 128 cm³/mol. The largest absolute Gasteiger partial charge is 0.484 e. The molecular weight excluding hydrogens is 476 g/mol. The number of non-ortho nitro benzene ring substituents is 1. The predicted octanol–water partition coefficient (Wildman–Crippen LogP) is 5.47. The lowest BCUT2D eigenvalue weighted by Gasteiger charge is -2.06. The lowest BCUT2D eigenvalue weighted by atomic mass is 10.2. The molecule has 4 rings (SSSR count). The summed E-state index contributed by atoms with van der Waals surface area (Å²) in [6.45, 7) is 2.20. The SMILES string of the molecule is CCc1ccc(OCn2cc(NC(=O)c3ccc(COc4cc([N+](=O)[O-])ccc4Cl)o3)cn2)cc1. The second-order valence-corrected chi connectivity index (χ2v) is 7.83. The fourth-order valence-corrected chi connectivity index (χ4v) is 3.27. The average molecular weight is 497 g/mol. The number of ether oxygens (including phenoxy) is 2. The number of aryl methyl sites for hydroxylation is 1. The van der Waals surface area contributed by atoms with E-state index in [4.69, 9.17) is 25.5 Å². The fourth-order valence-electron chi connectivity index (χ4n) is 3.10. The maximum atomic E-state index is 12.5. The van der Waals surface area contributed by atoms with Gasteiger partial charge in [0.1, 0.15) is 23.9 Å². The zero-order valence-corrected chi connectivity index (χ0v) is 19.4. The van der Waals surface area contributed by atoms with Crippen LogP contribution in [0.5, 0.6) is 11.5 Å². The highest BCUT2D eigenvalue weighted by Gasteiger charge is 2.15. The quantitative estimate of drug-likeness (QED) is 0.228. The molecule has 0 bridgehead atoms. The van der Waals surface area contributed by atoms with Crippen molar-refractivity contribution in [3.63, 3.8) is 0 Å². The van der Waals surface area contributed by atoms with Crippen molar-refractivity contribution in [2.75, 3.05) is 5.32 Å². The van der Waals surface area contributed by atoms with Crippen LogP contribution in [0.15, 0.2) is 71.4 Å². The molecule has 0 unspecified atom stereocenters. The number of benzene rings is 2. The third-order valence-electron chi connectivity index (χ3n) is 4.97. The van der Waals surface area contributed by atoms with Crippen LogP contribution in [0, 0.1) is 10.1 Å². The molecular formula is C24H21ClN4O6. The summed E-state index contributed by atoms with van der Waals surface area (Å²) in [7, 11) is 0. The van der Waals surface area contributed by atoms with Crippen LogP contribution >= 0.6 is 11.6 Å². The zero-order valence-electron chi connectivity index (χ0n) is 18.6. The van der Waals surface area contributed by atoms with Crippen molar-refractivity contribution in [3.8, 4) is 11.5 Å². The van der Waals surface area contributed by atoms with Crippen LogP contribution < -0.4 is 14.8 Å². The van der Waals surface area contributed by atoms with Crippen molar-refractivity contribution < 1.29 is 23.6 Å². The highest BCUT2D eigenvalue weighted by molar-refractivity contribution is 6.32. The third kappa shape index (κ3) is 6.18. The van der Waals surface area contributed by atoms with Gasteiger partial charge in [-0.05, 0) is 42.3 Å². The van der Waals surface area contributed by atoms with Crippen LogP contribution in [0.1, 0.15) is 28.8 Å². The molecule has 0 saturated heterocycles. The van der Waals surface area contributed by atoms with E-state index in [1.807, 2.05) is 24.3 Å². The van der Waals surface area contributed by atoms with Gasteiger partial charge < -0.3 is 19.2 Å². The van der Waals surface area contributed by atoms with E-state index >= 15 is 0 Å². The molecule has 1 N–H and O–H groups in total. The van der Waals surface area contributed by atoms with Gasteiger partial charge in [-0.2, -0.15) is 5.10 Å². The summed E-state index contributed by atoms with van der Waals surface area (Å²) in [5, 5.41) is 18.0. The molecule has 0 aliphatic carbocycles. The first kappa shape index (κ1) is 23.8. The molecule has 11 heteroatoms. The molecule has 4 aromatic rings. The summed E-state index contributed by atoms with van der Waals surface area (Å²) in [5.41, 5.74) is 1.55. The minimum Gasteiger partial charge on any atom is -0.484 e. The fraction of sp³-hybridized carbons (Fsp3) is 0.167. The molecule has 0 saturated carbocycles. The molecule has 2 aromatic heterocycles. The summed E-state index contributed by atoms with van der Waals surface area (Å²) in [5.74, 6) is 0.795. The van der Waals surface area contributed by atoms with E-state index in [2.05, 4.69) is 17.3 Å². The zero-order chi connectivity index (χ0) is 24.8. The number of carbonyl (C=O) groups excluding carboxylic acids is 1. The minimum atomic E-state index is -0.545. The van der Waals surface area contributed by atoms with Crippen molar-refractivity contribution in [2.45, 2.75) is 26.7 Å². The van der Waals surface area contributed by atoms with Crippen LogP contribution in [0.4, 0.5) is 11.4 Å². The Bertz CT molecular complexity index is 1330. The second kappa shape index (κ2) is 10.7. The van der Waals surface area contributed by atoms with Crippen LogP contribution in [-0.4, -0.2) is 20.6 Å². The molecule has 0 radical (unpaired) electrons. The summed E-state index contributed by atoms with van der Waals surface area (Å²) in [4.78, 5) is 22.9. The summed E-state index contributed by atoms with van der Waals surface area (Å²) in [6, 6.07) is 14.8. The first-order valence-corrected chi connectivity index (χ1v) is 11.0. The van der Waals surface area contributed by atoms with Gasteiger partial charge in [-0.25, -0.2) is 4.68 Å². The number of halogens is 1. The van der Waals surface area contributed by atoms with E-state index in [-0.39, 0.29) is 35.6 Å². The van der Waals surface area contributed by atoms with Gasteiger partial charge in [0.2, 0.25) is 0 Å². The number of aromatic nitrogens is 2. The average Bonchev–Trinajstić information content (AvgIpc) is 3.52. The Balaban J connectivity index is 1.30. The number of nitrogens with one attached hydrogen (secondary N) is 1. The number of nitro groups is 1. The summed E-state index contributed by atoms with van der Waals surface area (Å²) >= 11 is 6.03. The number of amides is 1. The van der Waals surface area contributed by atoms with Crippen molar-refractivity contribution in [1.82, 2.24) is 9.78 Å². The van der Waals surface area contributed by atoms with Crippen LogP contribution in [0.2, 0.25) is 5.02 Å². The van der Waals surface area contributed by atoms with E-state index in [1.165, 1.54) is 36.0 Å². The number of carbonyl (C=O) groups is 1. The van der Waals surface area contributed by atoms with Gasteiger partial charge in [0, 0.05) is 6.07 Å². The molecule has 35 heavy (non-hydrogen) atoms. The molecule has 180 valence electrons. The van der Waals surface area contributed by atoms with Gasteiger partial charge in [0.05, 0.1) is 34.1 Å². The molecule has 0 aliphatic rings. The van der Waals surface area contributed by atoms with E-state index in [9.17, 15) is 14.9 Å². The first-order valence-electron chi connectivity index (χ1n) is 10.6. The Labute approximate surface area is 205 Å². The molecule has 0 atom stereocenters. The normalized spacial score (nSPS) is 10.7. The molecule has 10 nitrogen and oxygen atoms in total. The van der Waals surface area contributed by atoms with E-state index in [0.29, 0.717) is 11.4 Å². The van der Waals surface area contributed by atoms with Gasteiger partial charge in [-0.3, -0.25) is 14.9 Å². The second-order valence-electron chi connectivity index (χ2n) is 7.42. The Morgan fingerprint density at radius 1 is 1.17 bits per heavy atom. The topological polar surface area (TPSA) is 122 Å². The standard InChI is InChI=1S/C24H21ClN4O6/c1-2-16-3-6-19(7-4-16)34-15-28-13-17(12-26-28)27-24(30)22-10-8-20(35-22)14-33-23-11-18(29(31)32)5-9-21(23)25/h3-13H,2,14-15H2,1H3,(H,27,30). The van der Waals surface area contributed by atoms with Gasteiger partial charge in [0.15, 0.2) is 12.5 Å². The van der Waals surface area contributed by atoms with Crippen molar-refractivity contribution in [3.05, 3.63) is 99.2 Å². The van der Waals surface area contributed by atoms with E-state index < -0.39 is 10.8 Å². The summed E-state index contributed by atoms with van der Waals surface area (Å²) in [6.07, 6.45) is 4.09. The lowest BCUT2D eigenvalue weighted by molar-refractivity contribution is -0.384. The lowest BCUT2D eigenvalue weighted by Crippen LogP contribution is -2.10. The molecule has 0 spiro atoms. The van der Waals surface area contributed by atoms with Gasteiger partial charge in [-0.15, -0.1) is 0 Å². The first-order chi connectivity index (χ1) is 16.9. The van der Waals surface area contributed by atoms with Gasteiger partial charge >= 0.3 is 0 Å². The highest BCUT2D eigenvalue weighted by Crippen LogP contribution is 2.29. The Kier molecular flexibility index (Phi) is 7.32. The van der Waals surface area contributed by atoms with Crippen molar-refractivity contribution >= 4 is 28.9 Å². The Morgan fingerprint density at radius 3 is 2.71 bits per heavy atom. The van der Waals surface area contributed by atoms with Crippen molar-refractivity contribution in [1.29, 1.82) is 0 Å². The molecule has 0 fully saturated rings. The highest BCUT2D eigenvalue weighted by atomic mass is 35.5. The van der Waals surface area contributed by atoms with Crippen LogP contribution in [0.25, 0.3) is 0 Å². The van der Waals surface area contributed by atoms with Crippen molar-refractivity contribution in [2.24, 2.45) is 0 Å². The number of rotatable bonds is 10. The number of nitrogens with zero attached hydrogens (tertiary/aromatic N) is 3. The number of furan rings is 1. The monoisotopic (exact) mass is 496 g/mol. The van der Waals surface area contributed by atoms with Crippen LogP contribution in [-0.2, 0) is 19.8 Å². The number of hydrogen-bond donors (Lipinski definition) is 1. The number of hydrogen-bond acceptors (Lipinski definition) is 7. The van der Waals surface area contributed by atoms with E-state index in [1.54, 1.807) is 16.9 Å². The summed E-state index contributed by atoms with van der Waals surface area (Å²) < 4.78 is 18.3.